The Balaban J connectivity index is 3.06. The van der Waals surface area contributed by atoms with Crippen LogP contribution in [0.5, 0.6) is 0 Å². The molecule has 0 aromatic heterocycles. The summed E-state index contributed by atoms with van der Waals surface area (Å²) in [5.74, 6) is -5.63. The molecule has 0 fully saturated rings. The molecule has 0 N–H and O–H groups in total. The molecular weight excluding hydrogens is 180 g/mol. The number of allylic oxidation sites excluding steroid dienone is 2. The minimum atomic E-state index is -3.35. The topological polar surface area (TPSA) is 18.5 Å². The van der Waals surface area contributed by atoms with Gasteiger partial charge in [0, 0.05) is 7.11 Å². The van der Waals surface area contributed by atoms with Crippen molar-refractivity contribution in [1.82, 2.24) is 0 Å². The molecule has 0 aromatic carbocycles. The number of alkyl halides is 1. The zero-order valence-corrected chi connectivity index (χ0v) is 5.91. The minimum Gasteiger partial charge on any atom is -0.435 e. The van der Waals surface area contributed by atoms with E-state index in [1.54, 1.807) is 0 Å². The fourth-order valence-corrected chi connectivity index (χ4v) is 0.605. The van der Waals surface area contributed by atoms with Crippen LogP contribution >= 0.6 is 0 Å². The lowest BCUT2D eigenvalue weighted by atomic mass is 10.3. The second kappa shape index (κ2) is 2.78. The van der Waals surface area contributed by atoms with Crippen molar-refractivity contribution < 1.29 is 27.0 Å². The SMILES string of the molecule is COC1(F)OC=C(F)C(F)=C1F. The maximum absolute atomic E-state index is 12.8. The summed E-state index contributed by atoms with van der Waals surface area (Å²) in [6, 6.07) is -3.35. The van der Waals surface area contributed by atoms with Crippen LogP contribution in [0.2, 0.25) is 0 Å². The first-order valence-electron chi connectivity index (χ1n) is 2.85. The summed E-state index contributed by atoms with van der Waals surface area (Å²) >= 11 is 0. The Labute approximate surface area is 65.1 Å². The Morgan fingerprint density at radius 1 is 1.42 bits per heavy atom. The van der Waals surface area contributed by atoms with Crippen molar-refractivity contribution in [2.45, 2.75) is 6.04 Å². The molecule has 0 saturated carbocycles. The van der Waals surface area contributed by atoms with Gasteiger partial charge in [-0.1, -0.05) is 0 Å². The second-order valence-corrected chi connectivity index (χ2v) is 1.95. The molecule has 1 heterocycles. The number of hydrogen-bond acceptors (Lipinski definition) is 2. The minimum absolute atomic E-state index is 0.0991. The van der Waals surface area contributed by atoms with E-state index < -0.39 is 23.5 Å². The zero-order valence-electron chi connectivity index (χ0n) is 5.91. The average Bonchev–Trinajstić information content (AvgIpc) is 2.09. The molecule has 0 bridgehead atoms. The normalized spacial score (nSPS) is 29.9. The van der Waals surface area contributed by atoms with E-state index in [2.05, 4.69) is 9.47 Å². The molecule has 6 heteroatoms. The lowest BCUT2D eigenvalue weighted by molar-refractivity contribution is -0.266. The lowest BCUT2D eigenvalue weighted by Gasteiger charge is -2.23. The molecule has 0 amide bonds. The Hall–Kier alpha value is -1.04. The Morgan fingerprint density at radius 2 is 2.00 bits per heavy atom. The Bertz CT molecular complexity index is 260. The van der Waals surface area contributed by atoms with Crippen LogP contribution in [-0.4, -0.2) is 13.2 Å². The molecule has 2 nitrogen and oxygen atoms in total. The fourth-order valence-electron chi connectivity index (χ4n) is 0.605. The first-order valence-corrected chi connectivity index (χ1v) is 2.85. The maximum atomic E-state index is 12.8. The number of ether oxygens (including phenoxy) is 2. The van der Waals surface area contributed by atoms with Crippen LogP contribution in [0.15, 0.2) is 23.7 Å². The zero-order chi connectivity index (χ0) is 9.35. The summed E-state index contributed by atoms with van der Waals surface area (Å²) < 4.78 is 57.4. The standard InChI is InChI=1S/C6H4F4O2/c1-11-6(10)5(9)4(8)3(7)2-12-6/h2H,1H3. The van der Waals surface area contributed by atoms with Crippen LogP contribution in [0.3, 0.4) is 0 Å². The highest BCUT2D eigenvalue weighted by Crippen LogP contribution is 2.36. The van der Waals surface area contributed by atoms with E-state index in [-0.39, 0.29) is 6.26 Å². The van der Waals surface area contributed by atoms with Gasteiger partial charge in [-0.25, -0.2) is 8.78 Å². The summed E-state index contributed by atoms with van der Waals surface area (Å²) in [4.78, 5) is 0. The van der Waals surface area contributed by atoms with Gasteiger partial charge in [-0.3, -0.25) is 0 Å². The van der Waals surface area contributed by atoms with E-state index in [4.69, 9.17) is 0 Å². The van der Waals surface area contributed by atoms with Gasteiger partial charge < -0.3 is 9.47 Å². The molecule has 68 valence electrons. The van der Waals surface area contributed by atoms with E-state index in [1.807, 2.05) is 0 Å². The highest BCUT2D eigenvalue weighted by atomic mass is 19.2. The smallest absolute Gasteiger partial charge is 0.421 e. The summed E-state index contributed by atoms with van der Waals surface area (Å²) in [5, 5.41) is 0. The van der Waals surface area contributed by atoms with Crippen LogP contribution in [0.4, 0.5) is 17.6 Å². The fraction of sp³-hybridized carbons (Fsp3) is 0.333. The molecule has 0 aliphatic carbocycles. The summed E-state index contributed by atoms with van der Waals surface area (Å²) in [5.41, 5.74) is 0. The van der Waals surface area contributed by atoms with E-state index in [1.165, 1.54) is 0 Å². The number of halogens is 4. The van der Waals surface area contributed by atoms with Gasteiger partial charge in [0.05, 0.1) is 0 Å². The molecule has 12 heavy (non-hydrogen) atoms. The van der Waals surface area contributed by atoms with Gasteiger partial charge >= 0.3 is 6.04 Å². The molecule has 0 radical (unpaired) electrons. The van der Waals surface area contributed by atoms with Gasteiger partial charge in [-0.15, -0.1) is 0 Å². The molecular formula is C6H4F4O2. The molecule has 1 aliphatic rings. The van der Waals surface area contributed by atoms with Crippen molar-refractivity contribution in [3.8, 4) is 0 Å². The lowest BCUT2D eigenvalue weighted by Crippen LogP contribution is -2.31. The van der Waals surface area contributed by atoms with Crippen LogP contribution < -0.4 is 0 Å². The van der Waals surface area contributed by atoms with Crippen molar-refractivity contribution >= 4 is 0 Å². The summed E-state index contributed by atoms with van der Waals surface area (Å²) in [6.07, 6.45) is 0.0991. The van der Waals surface area contributed by atoms with E-state index in [9.17, 15) is 17.6 Å². The Kier molecular flexibility index (Phi) is 2.10. The Morgan fingerprint density at radius 3 is 2.50 bits per heavy atom. The van der Waals surface area contributed by atoms with Crippen LogP contribution in [0, 0.1) is 0 Å². The molecule has 0 aromatic rings. The van der Waals surface area contributed by atoms with Gasteiger partial charge in [0.2, 0.25) is 11.7 Å². The molecule has 0 spiro atoms. The van der Waals surface area contributed by atoms with Crippen LogP contribution in [-0.2, 0) is 9.47 Å². The highest BCUT2D eigenvalue weighted by Gasteiger charge is 2.44. The van der Waals surface area contributed by atoms with E-state index in [0.29, 0.717) is 0 Å². The molecule has 1 aliphatic heterocycles. The highest BCUT2D eigenvalue weighted by molar-refractivity contribution is 5.26. The van der Waals surface area contributed by atoms with Gasteiger partial charge in [-0.05, 0) is 0 Å². The number of hydrogen-bond donors (Lipinski definition) is 0. The molecule has 1 unspecified atom stereocenters. The molecule has 1 rings (SSSR count). The average molecular weight is 184 g/mol. The number of methoxy groups -OCH3 is 1. The van der Waals surface area contributed by atoms with Crippen molar-refractivity contribution in [1.29, 1.82) is 0 Å². The van der Waals surface area contributed by atoms with Crippen molar-refractivity contribution in [2.75, 3.05) is 7.11 Å². The summed E-state index contributed by atoms with van der Waals surface area (Å²) in [7, 11) is 0.754. The van der Waals surface area contributed by atoms with E-state index >= 15 is 0 Å². The maximum Gasteiger partial charge on any atom is 0.421 e. The summed E-state index contributed by atoms with van der Waals surface area (Å²) in [6.45, 7) is 0. The van der Waals surface area contributed by atoms with Gasteiger partial charge in [0.25, 0.3) is 0 Å². The third-order valence-electron chi connectivity index (χ3n) is 1.24. The van der Waals surface area contributed by atoms with Gasteiger partial charge in [-0.2, -0.15) is 8.78 Å². The molecule has 1 atom stereocenters. The third-order valence-corrected chi connectivity index (χ3v) is 1.24. The monoisotopic (exact) mass is 184 g/mol. The van der Waals surface area contributed by atoms with Crippen LogP contribution in [0.25, 0.3) is 0 Å². The third kappa shape index (κ3) is 1.18. The van der Waals surface area contributed by atoms with Crippen LogP contribution in [0.1, 0.15) is 0 Å². The van der Waals surface area contributed by atoms with Crippen molar-refractivity contribution in [2.24, 2.45) is 0 Å². The second-order valence-electron chi connectivity index (χ2n) is 1.95. The quantitative estimate of drug-likeness (QED) is 0.582. The van der Waals surface area contributed by atoms with Gasteiger partial charge in [0.1, 0.15) is 6.26 Å². The predicted octanol–water partition coefficient (Wildman–Crippen LogP) is 2.25. The van der Waals surface area contributed by atoms with Crippen molar-refractivity contribution in [3.63, 3.8) is 0 Å². The number of rotatable bonds is 1. The molecule has 0 saturated heterocycles. The first kappa shape index (κ1) is 9.05. The first-order chi connectivity index (χ1) is 5.51. The largest absolute Gasteiger partial charge is 0.435 e. The van der Waals surface area contributed by atoms with E-state index in [0.717, 1.165) is 7.11 Å². The van der Waals surface area contributed by atoms with Gasteiger partial charge in [0.15, 0.2) is 5.83 Å². The van der Waals surface area contributed by atoms with Crippen molar-refractivity contribution in [3.05, 3.63) is 23.7 Å². The predicted molar refractivity (Wildman–Crippen MR) is 30.4 cm³/mol.